The molecular formula is C14H9ClN4O2. The highest BCUT2D eigenvalue weighted by Gasteiger charge is 2.11. The van der Waals surface area contributed by atoms with E-state index in [0.29, 0.717) is 16.2 Å². The van der Waals surface area contributed by atoms with Crippen molar-refractivity contribution in [3.05, 3.63) is 56.9 Å². The number of nitriles is 1. The van der Waals surface area contributed by atoms with E-state index < -0.39 is 5.63 Å². The number of fused-ring (bicyclic) bond motifs is 1. The largest absolute Gasteiger partial charge is 0.423 e. The van der Waals surface area contributed by atoms with E-state index in [9.17, 15) is 4.79 Å². The maximum absolute atomic E-state index is 11.7. The molecule has 21 heavy (non-hydrogen) atoms. The van der Waals surface area contributed by atoms with E-state index in [1.807, 2.05) is 13.0 Å². The molecule has 2 heterocycles. The molecule has 7 heteroatoms. The van der Waals surface area contributed by atoms with Crippen molar-refractivity contribution in [1.29, 1.82) is 5.26 Å². The van der Waals surface area contributed by atoms with Gasteiger partial charge in [-0.15, -0.1) is 10.2 Å². The maximum atomic E-state index is 11.7. The summed E-state index contributed by atoms with van der Waals surface area (Å²) in [4.78, 5) is 11.7. The normalized spacial score (nSPS) is 10.7. The van der Waals surface area contributed by atoms with Gasteiger partial charge in [0.1, 0.15) is 18.0 Å². The molecule has 0 aliphatic heterocycles. The second kappa shape index (κ2) is 5.04. The lowest BCUT2D eigenvalue weighted by molar-refractivity contribution is 0.557. The summed E-state index contributed by atoms with van der Waals surface area (Å²) in [7, 11) is 0. The Labute approximate surface area is 124 Å². The van der Waals surface area contributed by atoms with Crippen molar-refractivity contribution >= 4 is 22.6 Å². The van der Waals surface area contributed by atoms with Gasteiger partial charge in [-0.05, 0) is 30.2 Å². The topological polar surface area (TPSA) is 84.7 Å². The molecule has 6 nitrogen and oxygen atoms in total. The van der Waals surface area contributed by atoms with E-state index in [0.717, 1.165) is 10.9 Å². The Morgan fingerprint density at radius 3 is 3.00 bits per heavy atom. The first-order chi connectivity index (χ1) is 10.1. The third kappa shape index (κ3) is 2.39. The van der Waals surface area contributed by atoms with Crippen molar-refractivity contribution in [2.45, 2.75) is 13.5 Å². The van der Waals surface area contributed by atoms with Gasteiger partial charge in [-0.25, -0.2) is 4.79 Å². The number of halogens is 1. The Bertz CT molecular complexity index is 936. The number of aromatic nitrogens is 3. The van der Waals surface area contributed by atoms with E-state index in [1.54, 1.807) is 16.7 Å². The minimum atomic E-state index is -0.453. The van der Waals surface area contributed by atoms with E-state index in [1.165, 1.54) is 12.4 Å². The molecule has 0 spiro atoms. The van der Waals surface area contributed by atoms with Gasteiger partial charge in [0.2, 0.25) is 5.82 Å². The molecule has 0 saturated carbocycles. The minimum Gasteiger partial charge on any atom is -0.423 e. The van der Waals surface area contributed by atoms with Crippen LogP contribution in [-0.2, 0) is 6.54 Å². The number of hydrogen-bond acceptors (Lipinski definition) is 5. The van der Waals surface area contributed by atoms with Gasteiger partial charge < -0.3 is 8.98 Å². The molecular weight excluding hydrogens is 292 g/mol. The van der Waals surface area contributed by atoms with Crippen LogP contribution in [0.25, 0.3) is 11.0 Å². The van der Waals surface area contributed by atoms with Gasteiger partial charge in [-0.2, -0.15) is 5.26 Å². The van der Waals surface area contributed by atoms with Crippen LogP contribution >= 0.6 is 11.6 Å². The Balaban J connectivity index is 2.20. The maximum Gasteiger partial charge on any atom is 0.336 e. The third-order valence-electron chi connectivity index (χ3n) is 3.17. The molecule has 3 aromatic rings. The van der Waals surface area contributed by atoms with Crippen molar-refractivity contribution < 1.29 is 4.42 Å². The Hall–Kier alpha value is -2.65. The number of nitrogens with zero attached hydrogens (tertiary/aromatic N) is 4. The molecule has 0 N–H and O–H groups in total. The monoisotopic (exact) mass is 300 g/mol. The SMILES string of the molecule is Cc1cc2oc(=O)cc(Cn3cnnc3C#N)c2cc1Cl. The fourth-order valence-corrected chi connectivity index (χ4v) is 2.28. The second-order valence-corrected chi connectivity index (χ2v) is 4.99. The van der Waals surface area contributed by atoms with Gasteiger partial charge >= 0.3 is 5.63 Å². The first-order valence-electron chi connectivity index (χ1n) is 6.09. The zero-order valence-electron chi connectivity index (χ0n) is 11.0. The quantitative estimate of drug-likeness (QED) is 0.678. The lowest BCUT2D eigenvalue weighted by Crippen LogP contribution is -2.07. The van der Waals surface area contributed by atoms with Crippen LogP contribution in [0, 0.1) is 18.3 Å². The summed E-state index contributed by atoms with van der Waals surface area (Å²) in [6.07, 6.45) is 1.44. The highest BCUT2D eigenvalue weighted by Crippen LogP contribution is 2.25. The van der Waals surface area contributed by atoms with Crippen LogP contribution in [0.3, 0.4) is 0 Å². The predicted molar refractivity (Wildman–Crippen MR) is 76.1 cm³/mol. The number of benzene rings is 1. The standard InChI is InChI=1S/C14H9ClN4O2/c1-8-2-12-10(4-11(8)15)9(3-14(20)21-12)6-19-7-17-18-13(19)5-16/h2-4,7H,6H2,1H3. The zero-order chi connectivity index (χ0) is 15.0. The zero-order valence-corrected chi connectivity index (χ0v) is 11.8. The van der Waals surface area contributed by atoms with Crippen LogP contribution in [0.15, 0.2) is 33.7 Å². The van der Waals surface area contributed by atoms with E-state index in [2.05, 4.69) is 10.2 Å². The van der Waals surface area contributed by atoms with Gasteiger partial charge in [0.25, 0.3) is 0 Å². The Kier molecular flexibility index (Phi) is 3.20. The van der Waals surface area contributed by atoms with Crippen molar-refractivity contribution in [2.75, 3.05) is 0 Å². The fraction of sp³-hybridized carbons (Fsp3) is 0.143. The summed E-state index contributed by atoms with van der Waals surface area (Å²) in [5.41, 5.74) is 1.53. The van der Waals surface area contributed by atoms with Gasteiger partial charge in [0.05, 0.1) is 6.54 Å². The Morgan fingerprint density at radius 1 is 1.43 bits per heavy atom. The lowest BCUT2D eigenvalue weighted by Gasteiger charge is -2.08. The average Bonchev–Trinajstić information content (AvgIpc) is 2.88. The van der Waals surface area contributed by atoms with Crippen LogP contribution < -0.4 is 5.63 Å². The van der Waals surface area contributed by atoms with Gasteiger partial charge in [0, 0.05) is 16.5 Å². The fourth-order valence-electron chi connectivity index (χ4n) is 2.12. The molecule has 0 atom stereocenters. The first-order valence-corrected chi connectivity index (χ1v) is 6.47. The van der Waals surface area contributed by atoms with Crippen molar-refractivity contribution in [1.82, 2.24) is 14.8 Å². The van der Waals surface area contributed by atoms with Crippen LogP contribution in [0.2, 0.25) is 5.02 Å². The summed E-state index contributed by atoms with van der Waals surface area (Å²) in [6, 6.07) is 6.80. The third-order valence-corrected chi connectivity index (χ3v) is 3.57. The van der Waals surface area contributed by atoms with Gasteiger partial charge in [-0.3, -0.25) is 0 Å². The summed E-state index contributed by atoms with van der Waals surface area (Å²) in [5, 5.41) is 17.6. The molecule has 0 bridgehead atoms. The molecule has 0 aliphatic rings. The molecule has 0 amide bonds. The molecule has 1 aromatic carbocycles. The minimum absolute atomic E-state index is 0.176. The van der Waals surface area contributed by atoms with E-state index >= 15 is 0 Å². The van der Waals surface area contributed by atoms with Crippen LogP contribution in [0.4, 0.5) is 0 Å². The lowest BCUT2D eigenvalue weighted by atomic mass is 10.1. The van der Waals surface area contributed by atoms with Crippen LogP contribution in [-0.4, -0.2) is 14.8 Å². The van der Waals surface area contributed by atoms with Crippen molar-refractivity contribution in [2.24, 2.45) is 0 Å². The molecule has 0 radical (unpaired) electrons. The molecule has 0 fully saturated rings. The Morgan fingerprint density at radius 2 is 2.24 bits per heavy atom. The molecule has 104 valence electrons. The highest BCUT2D eigenvalue weighted by molar-refractivity contribution is 6.32. The van der Waals surface area contributed by atoms with Crippen molar-refractivity contribution in [3.63, 3.8) is 0 Å². The van der Waals surface area contributed by atoms with E-state index in [-0.39, 0.29) is 12.4 Å². The first kappa shape index (κ1) is 13.3. The average molecular weight is 301 g/mol. The summed E-state index contributed by atoms with van der Waals surface area (Å²) in [5.74, 6) is 0.176. The number of aryl methyl sites for hydroxylation is 1. The molecule has 3 rings (SSSR count). The van der Waals surface area contributed by atoms with E-state index in [4.69, 9.17) is 21.3 Å². The predicted octanol–water partition coefficient (Wildman–Crippen LogP) is 2.27. The number of hydrogen-bond donors (Lipinski definition) is 0. The van der Waals surface area contributed by atoms with Crippen molar-refractivity contribution in [3.8, 4) is 6.07 Å². The molecule has 0 unspecified atom stereocenters. The van der Waals surface area contributed by atoms with Crippen LogP contribution in [0.1, 0.15) is 17.0 Å². The van der Waals surface area contributed by atoms with Crippen LogP contribution in [0.5, 0.6) is 0 Å². The summed E-state index contributed by atoms with van der Waals surface area (Å²) >= 11 is 6.14. The molecule has 0 saturated heterocycles. The molecule has 0 aliphatic carbocycles. The smallest absolute Gasteiger partial charge is 0.336 e. The highest BCUT2D eigenvalue weighted by atomic mass is 35.5. The molecule has 2 aromatic heterocycles. The van der Waals surface area contributed by atoms with Gasteiger partial charge in [-0.1, -0.05) is 11.6 Å². The summed E-state index contributed by atoms with van der Waals surface area (Å²) in [6.45, 7) is 2.12. The summed E-state index contributed by atoms with van der Waals surface area (Å²) < 4.78 is 6.75. The number of rotatable bonds is 2. The van der Waals surface area contributed by atoms with Gasteiger partial charge in [0.15, 0.2) is 0 Å². The second-order valence-electron chi connectivity index (χ2n) is 4.58.